The Kier molecular flexibility index (Phi) is 4.41. The third kappa shape index (κ3) is 2.93. The molecule has 1 fully saturated rings. The van der Waals surface area contributed by atoms with Gasteiger partial charge in [0.25, 0.3) is 0 Å². The molecule has 2 N–H and O–H groups in total. The quantitative estimate of drug-likeness (QED) is 0.869. The van der Waals surface area contributed by atoms with Crippen molar-refractivity contribution in [2.45, 2.75) is 32.7 Å². The third-order valence-electron chi connectivity index (χ3n) is 3.64. The fourth-order valence-electron chi connectivity index (χ4n) is 2.26. The van der Waals surface area contributed by atoms with Gasteiger partial charge in [0.15, 0.2) is 0 Å². The lowest BCUT2D eigenvalue weighted by Gasteiger charge is -2.22. The minimum Gasteiger partial charge on any atom is -0.492 e. The summed E-state index contributed by atoms with van der Waals surface area (Å²) >= 11 is 12.5. The van der Waals surface area contributed by atoms with Gasteiger partial charge in [-0.25, -0.2) is 0 Å². The van der Waals surface area contributed by atoms with Crippen LogP contribution in [0.15, 0.2) is 12.1 Å². The molecule has 0 amide bonds. The van der Waals surface area contributed by atoms with Crippen molar-refractivity contribution in [3.8, 4) is 5.75 Å². The van der Waals surface area contributed by atoms with Crippen molar-refractivity contribution in [3.63, 3.8) is 0 Å². The van der Waals surface area contributed by atoms with Crippen LogP contribution in [0.25, 0.3) is 0 Å². The fraction of sp³-hybridized carbons (Fsp3) is 0.571. The standard InChI is InChI=1S/C14H19Cl2NO/c1-3-18-13-7-11(15)10(6-12(13)16)14(17)8(2)9-4-5-9/h6-9,14H,3-5,17H2,1-2H3. The van der Waals surface area contributed by atoms with Gasteiger partial charge in [0.05, 0.1) is 11.6 Å². The molecule has 2 atom stereocenters. The first-order valence-corrected chi connectivity index (χ1v) is 7.17. The van der Waals surface area contributed by atoms with Gasteiger partial charge in [-0.1, -0.05) is 30.1 Å². The maximum absolute atomic E-state index is 6.29. The van der Waals surface area contributed by atoms with Gasteiger partial charge in [0.2, 0.25) is 0 Å². The summed E-state index contributed by atoms with van der Waals surface area (Å²) in [7, 11) is 0. The molecular weight excluding hydrogens is 269 g/mol. The van der Waals surface area contributed by atoms with Crippen LogP contribution in [0.4, 0.5) is 0 Å². The molecule has 0 bridgehead atoms. The average molecular weight is 288 g/mol. The van der Waals surface area contributed by atoms with Crippen LogP contribution in [-0.2, 0) is 0 Å². The van der Waals surface area contributed by atoms with E-state index in [0.29, 0.717) is 28.3 Å². The Bertz CT molecular complexity index is 432. The van der Waals surface area contributed by atoms with E-state index in [1.54, 1.807) is 6.07 Å². The number of ether oxygens (including phenoxy) is 1. The van der Waals surface area contributed by atoms with E-state index < -0.39 is 0 Å². The molecule has 2 unspecified atom stereocenters. The van der Waals surface area contributed by atoms with E-state index in [-0.39, 0.29) is 6.04 Å². The summed E-state index contributed by atoms with van der Waals surface area (Å²) in [5, 5.41) is 1.22. The summed E-state index contributed by atoms with van der Waals surface area (Å²) in [6.45, 7) is 4.67. The number of benzene rings is 1. The molecule has 1 saturated carbocycles. The monoisotopic (exact) mass is 287 g/mol. The molecule has 1 aliphatic rings. The van der Waals surface area contributed by atoms with Crippen molar-refractivity contribution in [3.05, 3.63) is 27.7 Å². The van der Waals surface area contributed by atoms with E-state index in [0.717, 1.165) is 11.5 Å². The highest BCUT2D eigenvalue weighted by Crippen LogP contribution is 2.44. The van der Waals surface area contributed by atoms with Crippen LogP contribution >= 0.6 is 23.2 Å². The number of halogens is 2. The van der Waals surface area contributed by atoms with Crippen molar-refractivity contribution >= 4 is 23.2 Å². The summed E-state index contributed by atoms with van der Waals surface area (Å²) in [6, 6.07) is 3.55. The highest BCUT2D eigenvalue weighted by molar-refractivity contribution is 6.34. The van der Waals surface area contributed by atoms with Gasteiger partial charge in [0.1, 0.15) is 5.75 Å². The third-order valence-corrected chi connectivity index (χ3v) is 4.26. The van der Waals surface area contributed by atoms with Gasteiger partial charge in [0, 0.05) is 17.1 Å². The van der Waals surface area contributed by atoms with Gasteiger partial charge in [-0.05, 0) is 43.2 Å². The number of hydrogen-bond acceptors (Lipinski definition) is 2. The topological polar surface area (TPSA) is 35.2 Å². The predicted molar refractivity (Wildman–Crippen MR) is 76.4 cm³/mol. The van der Waals surface area contributed by atoms with Crippen molar-refractivity contribution < 1.29 is 4.74 Å². The molecule has 1 aromatic carbocycles. The Morgan fingerprint density at radius 1 is 1.33 bits per heavy atom. The van der Waals surface area contributed by atoms with Crippen molar-refractivity contribution in [1.29, 1.82) is 0 Å². The summed E-state index contributed by atoms with van der Waals surface area (Å²) in [5.74, 6) is 1.80. The van der Waals surface area contributed by atoms with Gasteiger partial charge in [-0.15, -0.1) is 0 Å². The van der Waals surface area contributed by atoms with Crippen LogP contribution in [0, 0.1) is 11.8 Å². The van der Waals surface area contributed by atoms with Crippen LogP contribution in [0.2, 0.25) is 10.0 Å². The molecule has 1 aliphatic carbocycles. The Hall–Kier alpha value is -0.440. The van der Waals surface area contributed by atoms with Crippen LogP contribution in [0.3, 0.4) is 0 Å². The van der Waals surface area contributed by atoms with Gasteiger partial charge >= 0.3 is 0 Å². The second kappa shape index (κ2) is 5.68. The summed E-state index contributed by atoms with van der Waals surface area (Å²) in [4.78, 5) is 0. The minimum absolute atomic E-state index is 0.0572. The van der Waals surface area contributed by atoms with E-state index in [4.69, 9.17) is 33.7 Å². The zero-order valence-corrected chi connectivity index (χ0v) is 12.3. The largest absolute Gasteiger partial charge is 0.492 e. The molecule has 2 nitrogen and oxygen atoms in total. The molecule has 4 heteroatoms. The highest BCUT2D eigenvalue weighted by atomic mass is 35.5. The van der Waals surface area contributed by atoms with Crippen molar-refractivity contribution in [2.75, 3.05) is 6.61 Å². The Labute approximate surface area is 118 Å². The molecule has 0 spiro atoms. The van der Waals surface area contributed by atoms with Crippen molar-refractivity contribution in [2.24, 2.45) is 17.6 Å². The molecule has 100 valence electrons. The highest BCUT2D eigenvalue weighted by Gasteiger charge is 2.33. The zero-order valence-electron chi connectivity index (χ0n) is 10.7. The van der Waals surface area contributed by atoms with Crippen molar-refractivity contribution in [1.82, 2.24) is 0 Å². The van der Waals surface area contributed by atoms with Crippen LogP contribution in [0.5, 0.6) is 5.75 Å². The summed E-state index contributed by atoms with van der Waals surface area (Å²) in [6.07, 6.45) is 2.55. The first kappa shape index (κ1) is 14.0. The maximum atomic E-state index is 6.29. The lowest BCUT2D eigenvalue weighted by molar-refractivity contribution is 0.340. The lowest BCUT2D eigenvalue weighted by atomic mass is 9.91. The second-order valence-electron chi connectivity index (χ2n) is 4.96. The van der Waals surface area contributed by atoms with Crippen LogP contribution in [-0.4, -0.2) is 6.61 Å². The zero-order chi connectivity index (χ0) is 13.3. The van der Waals surface area contributed by atoms with Crippen LogP contribution in [0.1, 0.15) is 38.3 Å². The maximum Gasteiger partial charge on any atom is 0.139 e. The average Bonchev–Trinajstić information content (AvgIpc) is 3.16. The van der Waals surface area contributed by atoms with Gasteiger partial charge in [-0.3, -0.25) is 0 Å². The predicted octanol–water partition coefficient (Wildman–Crippen LogP) is 4.44. The smallest absolute Gasteiger partial charge is 0.139 e. The molecule has 2 rings (SSSR count). The normalized spacial score (nSPS) is 18.5. The van der Waals surface area contributed by atoms with E-state index in [2.05, 4.69) is 6.92 Å². The van der Waals surface area contributed by atoms with E-state index in [1.165, 1.54) is 12.8 Å². The Morgan fingerprint density at radius 3 is 2.56 bits per heavy atom. The van der Waals surface area contributed by atoms with E-state index >= 15 is 0 Å². The number of nitrogens with two attached hydrogens (primary N) is 1. The van der Waals surface area contributed by atoms with E-state index in [1.807, 2.05) is 13.0 Å². The van der Waals surface area contributed by atoms with Crippen LogP contribution < -0.4 is 10.5 Å². The molecule has 0 saturated heterocycles. The molecule has 0 heterocycles. The van der Waals surface area contributed by atoms with E-state index in [9.17, 15) is 0 Å². The second-order valence-corrected chi connectivity index (χ2v) is 5.77. The lowest BCUT2D eigenvalue weighted by Crippen LogP contribution is -2.21. The molecular formula is C14H19Cl2NO. The fourth-order valence-corrected chi connectivity index (χ4v) is 2.77. The number of hydrogen-bond donors (Lipinski definition) is 1. The number of rotatable bonds is 5. The molecule has 0 aliphatic heterocycles. The molecule has 18 heavy (non-hydrogen) atoms. The SMILES string of the molecule is CCOc1cc(Cl)c(C(N)C(C)C2CC2)cc1Cl. The first-order valence-electron chi connectivity index (χ1n) is 6.42. The molecule has 0 aromatic heterocycles. The van der Waals surface area contributed by atoms with Gasteiger partial charge in [-0.2, -0.15) is 0 Å². The Balaban J connectivity index is 2.24. The Morgan fingerprint density at radius 2 is 2.00 bits per heavy atom. The summed E-state index contributed by atoms with van der Waals surface area (Å²) < 4.78 is 5.42. The van der Waals surface area contributed by atoms with Gasteiger partial charge < -0.3 is 10.5 Å². The first-order chi connectivity index (χ1) is 8.54. The minimum atomic E-state index is -0.0572. The molecule has 1 aromatic rings. The summed E-state index contributed by atoms with van der Waals surface area (Å²) in [5.41, 5.74) is 7.21. The molecule has 0 radical (unpaired) electrons.